The lowest BCUT2D eigenvalue weighted by molar-refractivity contribution is 0.0511. The summed E-state index contributed by atoms with van der Waals surface area (Å²) in [5.41, 5.74) is 2.27. The zero-order valence-corrected chi connectivity index (χ0v) is 12.2. The third-order valence-electron chi connectivity index (χ3n) is 4.08. The second kappa shape index (κ2) is 5.90. The Morgan fingerprint density at radius 3 is 2.85 bits per heavy atom. The van der Waals surface area contributed by atoms with Crippen molar-refractivity contribution in [3.8, 4) is 0 Å². The van der Waals surface area contributed by atoms with Gasteiger partial charge in [0.05, 0.1) is 17.7 Å². The summed E-state index contributed by atoms with van der Waals surface area (Å²) in [6, 6.07) is 10.7. The van der Waals surface area contributed by atoms with E-state index in [1.807, 2.05) is 19.4 Å². The van der Waals surface area contributed by atoms with Gasteiger partial charge in [0.2, 0.25) is 0 Å². The number of para-hydroxylation sites is 1. The molecule has 2 aromatic rings. The van der Waals surface area contributed by atoms with Gasteiger partial charge in [0.15, 0.2) is 0 Å². The van der Waals surface area contributed by atoms with Gasteiger partial charge in [-0.2, -0.15) is 0 Å². The predicted octanol–water partition coefficient (Wildman–Crippen LogP) is 3.31. The molecule has 0 radical (unpaired) electrons. The lowest BCUT2D eigenvalue weighted by Gasteiger charge is -2.27. The average Bonchev–Trinajstić information content (AvgIpc) is 3.31. The molecule has 20 heavy (non-hydrogen) atoms. The van der Waals surface area contributed by atoms with Crippen LogP contribution in [-0.2, 0) is 4.74 Å². The third kappa shape index (κ3) is 2.69. The van der Waals surface area contributed by atoms with Gasteiger partial charge in [-0.3, -0.25) is 4.98 Å². The highest BCUT2D eigenvalue weighted by atomic mass is 16.5. The molecular weight excluding hydrogens is 248 g/mol. The van der Waals surface area contributed by atoms with Crippen molar-refractivity contribution < 1.29 is 4.74 Å². The molecule has 2 atom stereocenters. The zero-order valence-electron chi connectivity index (χ0n) is 12.2. The Kier molecular flexibility index (Phi) is 3.99. The van der Waals surface area contributed by atoms with Crippen molar-refractivity contribution in [2.45, 2.75) is 31.9 Å². The number of rotatable bonds is 6. The number of likely N-dealkylation sites (N-methyl/N-ethyl adjacent to an activating group) is 1. The highest BCUT2D eigenvalue weighted by Crippen LogP contribution is 2.39. The van der Waals surface area contributed by atoms with Gasteiger partial charge in [0.25, 0.3) is 0 Å². The largest absolute Gasteiger partial charge is 0.379 e. The number of hydrogen-bond donors (Lipinski definition) is 1. The summed E-state index contributed by atoms with van der Waals surface area (Å²) >= 11 is 0. The SMILES string of the molecule is CCNC(c1cnc2ccccc2c1)C(OC)C1CC1. The van der Waals surface area contributed by atoms with Crippen molar-refractivity contribution in [2.75, 3.05) is 13.7 Å². The molecule has 1 saturated carbocycles. The summed E-state index contributed by atoms with van der Waals surface area (Å²) in [6.45, 7) is 3.07. The number of ether oxygens (including phenoxy) is 1. The minimum Gasteiger partial charge on any atom is -0.379 e. The van der Waals surface area contributed by atoms with E-state index in [0.717, 1.165) is 12.1 Å². The lowest BCUT2D eigenvalue weighted by Crippen LogP contribution is -2.34. The van der Waals surface area contributed by atoms with Gasteiger partial charge in [0, 0.05) is 18.7 Å². The van der Waals surface area contributed by atoms with Crippen LogP contribution in [0.15, 0.2) is 36.5 Å². The van der Waals surface area contributed by atoms with Crippen LogP contribution in [0.25, 0.3) is 10.9 Å². The Balaban J connectivity index is 1.95. The Morgan fingerprint density at radius 2 is 2.15 bits per heavy atom. The molecule has 1 aliphatic rings. The molecule has 3 rings (SSSR count). The van der Waals surface area contributed by atoms with E-state index in [1.54, 1.807) is 0 Å². The number of methoxy groups -OCH3 is 1. The number of aromatic nitrogens is 1. The van der Waals surface area contributed by atoms with Crippen molar-refractivity contribution in [2.24, 2.45) is 5.92 Å². The Morgan fingerprint density at radius 1 is 1.35 bits per heavy atom. The van der Waals surface area contributed by atoms with Gasteiger partial charge >= 0.3 is 0 Å². The van der Waals surface area contributed by atoms with Crippen LogP contribution < -0.4 is 5.32 Å². The molecule has 106 valence electrons. The maximum Gasteiger partial charge on any atom is 0.0794 e. The smallest absolute Gasteiger partial charge is 0.0794 e. The van der Waals surface area contributed by atoms with Gasteiger partial charge in [-0.05, 0) is 43.0 Å². The van der Waals surface area contributed by atoms with E-state index >= 15 is 0 Å². The first-order chi connectivity index (χ1) is 9.83. The van der Waals surface area contributed by atoms with Crippen molar-refractivity contribution >= 4 is 10.9 Å². The molecule has 3 nitrogen and oxygen atoms in total. The maximum atomic E-state index is 5.77. The molecule has 1 N–H and O–H groups in total. The fourth-order valence-electron chi connectivity index (χ4n) is 2.93. The van der Waals surface area contributed by atoms with E-state index in [0.29, 0.717) is 5.92 Å². The quantitative estimate of drug-likeness (QED) is 0.874. The van der Waals surface area contributed by atoms with E-state index in [9.17, 15) is 0 Å². The predicted molar refractivity (Wildman–Crippen MR) is 81.7 cm³/mol. The molecule has 0 saturated heterocycles. The highest BCUT2D eigenvalue weighted by Gasteiger charge is 2.37. The summed E-state index contributed by atoms with van der Waals surface area (Å²) in [5.74, 6) is 0.690. The fraction of sp³-hybridized carbons (Fsp3) is 0.471. The summed E-state index contributed by atoms with van der Waals surface area (Å²) in [5, 5.41) is 4.76. The highest BCUT2D eigenvalue weighted by molar-refractivity contribution is 5.78. The Bertz CT molecular complexity index is 580. The average molecular weight is 270 g/mol. The van der Waals surface area contributed by atoms with E-state index in [2.05, 4.69) is 41.5 Å². The van der Waals surface area contributed by atoms with Gasteiger partial charge < -0.3 is 10.1 Å². The van der Waals surface area contributed by atoms with Crippen LogP contribution in [0.3, 0.4) is 0 Å². The van der Waals surface area contributed by atoms with Crippen LogP contribution in [0.2, 0.25) is 0 Å². The molecule has 0 aliphatic heterocycles. The summed E-state index contributed by atoms with van der Waals surface area (Å²) in [4.78, 5) is 4.59. The molecule has 0 bridgehead atoms. The van der Waals surface area contributed by atoms with E-state index < -0.39 is 0 Å². The minimum absolute atomic E-state index is 0.231. The first-order valence-electron chi connectivity index (χ1n) is 7.44. The van der Waals surface area contributed by atoms with E-state index in [4.69, 9.17) is 4.74 Å². The summed E-state index contributed by atoms with van der Waals surface area (Å²) < 4.78 is 5.77. The fourth-order valence-corrected chi connectivity index (χ4v) is 2.93. The molecule has 0 spiro atoms. The van der Waals surface area contributed by atoms with Gasteiger partial charge in [0.1, 0.15) is 0 Å². The summed E-state index contributed by atoms with van der Waals surface area (Å²) in [7, 11) is 1.82. The number of pyridine rings is 1. The van der Waals surface area contributed by atoms with Crippen molar-refractivity contribution in [3.63, 3.8) is 0 Å². The topological polar surface area (TPSA) is 34.2 Å². The number of nitrogens with one attached hydrogen (secondary N) is 1. The van der Waals surface area contributed by atoms with Crippen LogP contribution in [0.5, 0.6) is 0 Å². The van der Waals surface area contributed by atoms with Crippen molar-refractivity contribution in [1.29, 1.82) is 0 Å². The second-order valence-corrected chi connectivity index (χ2v) is 5.53. The van der Waals surface area contributed by atoms with Crippen LogP contribution in [0, 0.1) is 5.92 Å². The van der Waals surface area contributed by atoms with Crippen LogP contribution >= 0.6 is 0 Å². The minimum atomic E-state index is 0.231. The number of hydrogen-bond acceptors (Lipinski definition) is 3. The van der Waals surface area contributed by atoms with Crippen LogP contribution in [0.4, 0.5) is 0 Å². The number of fused-ring (bicyclic) bond motifs is 1. The first kappa shape index (κ1) is 13.5. The van der Waals surface area contributed by atoms with Crippen molar-refractivity contribution in [1.82, 2.24) is 10.3 Å². The number of benzene rings is 1. The van der Waals surface area contributed by atoms with E-state index in [-0.39, 0.29) is 12.1 Å². The zero-order chi connectivity index (χ0) is 13.9. The molecular formula is C17H22N2O. The molecule has 3 heteroatoms. The number of nitrogens with zero attached hydrogens (tertiary/aromatic N) is 1. The van der Waals surface area contributed by atoms with Gasteiger partial charge in [-0.1, -0.05) is 25.1 Å². The molecule has 2 unspecified atom stereocenters. The maximum absolute atomic E-state index is 5.77. The standard InChI is InChI=1S/C17H22N2O/c1-3-18-16(17(20-2)12-8-9-12)14-10-13-6-4-5-7-15(13)19-11-14/h4-7,10-12,16-18H,3,8-9H2,1-2H3. The summed E-state index contributed by atoms with van der Waals surface area (Å²) in [6.07, 6.45) is 4.80. The van der Waals surface area contributed by atoms with Crippen LogP contribution in [0.1, 0.15) is 31.4 Å². The van der Waals surface area contributed by atoms with Gasteiger partial charge in [-0.25, -0.2) is 0 Å². The second-order valence-electron chi connectivity index (χ2n) is 5.53. The molecule has 1 aromatic heterocycles. The van der Waals surface area contributed by atoms with Gasteiger partial charge in [-0.15, -0.1) is 0 Å². The van der Waals surface area contributed by atoms with Crippen LogP contribution in [-0.4, -0.2) is 24.7 Å². The normalized spacial score (nSPS) is 18.1. The first-order valence-corrected chi connectivity index (χ1v) is 7.44. The molecule has 1 aromatic carbocycles. The molecule has 1 aliphatic carbocycles. The Hall–Kier alpha value is -1.45. The Labute approximate surface area is 120 Å². The molecule has 1 fully saturated rings. The molecule has 0 amide bonds. The monoisotopic (exact) mass is 270 g/mol. The lowest BCUT2D eigenvalue weighted by atomic mass is 9.98. The third-order valence-corrected chi connectivity index (χ3v) is 4.08. The van der Waals surface area contributed by atoms with Crippen molar-refractivity contribution in [3.05, 3.63) is 42.1 Å². The van der Waals surface area contributed by atoms with E-state index in [1.165, 1.54) is 23.8 Å². The molecule has 1 heterocycles.